The maximum absolute atomic E-state index is 12.2. The fourth-order valence-electron chi connectivity index (χ4n) is 2.75. The highest BCUT2D eigenvalue weighted by molar-refractivity contribution is 6.42. The normalized spacial score (nSPS) is 21.2. The van der Waals surface area contributed by atoms with Crippen molar-refractivity contribution in [2.45, 2.75) is 12.5 Å². The quantitative estimate of drug-likeness (QED) is 0.791. The van der Waals surface area contributed by atoms with E-state index in [1.807, 2.05) is 6.07 Å². The number of amides is 1. The van der Waals surface area contributed by atoms with E-state index in [9.17, 15) is 4.79 Å². The molecule has 0 bridgehead atoms. The van der Waals surface area contributed by atoms with Crippen LogP contribution in [0.25, 0.3) is 0 Å². The maximum Gasteiger partial charge on any atom is 0.264 e. The molecule has 2 aliphatic heterocycles. The maximum atomic E-state index is 12.2. The second kappa shape index (κ2) is 8.16. The molecule has 2 heterocycles. The first-order chi connectivity index (χ1) is 11.6. The lowest BCUT2D eigenvalue weighted by Gasteiger charge is -2.23. The summed E-state index contributed by atoms with van der Waals surface area (Å²) in [7, 11) is 0. The molecular formula is C16H20Cl2N3O3+. The molecule has 1 fully saturated rings. The van der Waals surface area contributed by atoms with Gasteiger partial charge < -0.3 is 19.8 Å². The van der Waals surface area contributed by atoms with Crippen LogP contribution in [0.3, 0.4) is 0 Å². The summed E-state index contributed by atoms with van der Waals surface area (Å²) in [6.45, 7) is 5.06. The van der Waals surface area contributed by atoms with Crippen LogP contribution in [0.15, 0.2) is 23.4 Å². The number of morpholine rings is 1. The zero-order valence-electron chi connectivity index (χ0n) is 13.2. The number of quaternary nitrogens is 1. The lowest BCUT2D eigenvalue weighted by atomic mass is 10.0. The van der Waals surface area contributed by atoms with E-state index >= 15 is 0 Å². The van der Waals surface area contributed by atoms with Crippen LogP contribution in [0, 0.1) is 0 Å². The van der Waals surface area contributed by atoms with Gasteiger partial charge in [-0.25, -0.2) is 0 Å². The molecule has 1 atom stereocenters. The summed E-state index contributed by atoms with van der Waals surface area (Å²) in [5.74, 6) is -0.138. The molecule has 1 aromatic rings. The van der Waals surface area contributed by atoms with E-state index in [0.29, 0.717) is 28.7 Å². The van der Waals surface area contributed by atoms with Gasteiger partial charge in [-0.05, 0) is 12.1 Å². The Morgan fingerprint density at radius 1 is 1.29 bits per heavy atom. The first kappa shape index (κ1) is 17.5. The lowest BCUT2D eigenvalue weighted by molar-refractivity contribution is -0.906. The summed E-state index contributed by atoms with van der Waals surface area (Å²) >= 11 is 11.9. The number of carbonyl (C=O) groups excluding carboxylic acids is 1. The summed E-state index contributed by atoms with van der Waals surface area (Å²) < 4.78 is 5.32. The van der Waals surface area contributed by atoms with Crippen LogP contribution < -0.4 is 10.2 Å². The number of halogens is 2. The van der Waals surface area contributed by atoms with Gasteiger partial charge in [0.1, 0.15) is 13.1 Å². The number of hydrogen-bond donors (Lipinski definition) is 2. The molecule has 2 N–H and O–H groups in total. The molecule has 6 nitrogen and oxygen atoms in total. The van der Waals surface area contributed by atoms with E-state index in [0.717, 1.165) is 38.4 Å². The Labute approximate surface area is 150 Å². The summed E-state index contributed by atoms with van der Waals surface area (Å²) in [6, 6.07) is 5.26. The Morgan fingerprint density at radius 3 is 2.83 bits per heavy atom. The summed E-state index contributed by atoms with van der Waals surface area (Å²) in [5.41, 5.74) is 1.52. The monoisotopic (exact) mass is 372 g/mol. The van der Waals surface area contributed by atoms with Gasteiger partial charge in [0.05, 0.1) is 42.1 Å². The standard InChI is InChI=1S/C16H19Cl2N3O3/c17-12-2-1-11(9-13(12)18)14-10-15(24-20-14)16(22)19-3-4-21-5-7-23-8-6-21/h1-2,9,15H,3-8,10H2,(H,19,22)/p+1/t15-/m1/s1. The minimum absolute atomic E-state index is 0.138. The van der Waals surface area contributed by atoms with E-state index in [4.69, 9.17) is 32.8 Å². The fraction of sp³-hybridized carbons (Fsp3) is 0.500. The third-order valence-electron chi connectivity index (χ3n) is 4.19. The molecule has 0 aromatic heterocycles. The van der Waals surface area contributed by atoms with Crippen LogP contribution in [-0.4, -0.2) is 57.1 Å². The highest BCUT2D eigenvalue weighted by Crippen LogP contribution is 2.25. The second-order valence-electron chi connectivity index (χ2n) is 5.87. The molecule has 0 radical (unpaired) electrons. The third kappa shape index (κ3) is 4.39. The predicted octanol–water partition coefficient (Wildman–Crippen LogP) is 0.518. The van der Waals surface area contributed by atoms with Gasteiger partial charge in [0.15, 0.2) is 0 Å². The van der Waals surface area contributed by atoms with Crippen molar-refractivity contribution in [3.8, 4) is 0 Å². The molecule has 24 heavy (non-hydrogen) atoms. The summed E-state index contributed by atoms with van der Waals surface area (Å²) in [6.07, 6.45) is -0.164. The Hall–Kier alpha value is -1.34. The van der Waals surface area contributed by atoms with Crippen LogP contribution in [0.4, 0.5) is 0 Å². The Balaban J connectivity index is 1.45. The highest BCUT2D eigenvalue weighted by atomic mass is 35.5. The minimum atomic E-state index is -0.589. The molecule has 0 unspecified atom stereocenters. The Bertz CT molecular complexity index is 633. The van der Waals surface area contributed by atoms with Crippen LogP contribution in [0.5, 0.6) is 0 Å². The predicted molar refractivity (Wildman–Crippen MR) is 91.9 cm³/mol. The Morgan fingerprint density at radius 2 is 2.08 bits per heavy atom. The minimum Gasteiger partial charge on any atom is -0.382 e. The highest BCUT2D eigenvalue weighted by Gasteiger charge is 2.29. The van der Waals surface area contributed by atoms with Gasteiger partial charge in [0.25, 0.3) is 5.91 Å². The van der Waals surface area contributed by atoms with Crippen molar-refractivity contribution in [1.29, 1.82) is 0 Å². The van der Waals surface area contributed by atoms with Crippen molar-refractivity contribution in [2.75, 3.05) is 39.4 Å². The smallest absolute Gasteiger partial charge is 0.264 e. The number of carbonyl (C=O) groups is 1. The molecule has 1 aromatic carbocycles. The summed E-state index contributed by atoms with van der Waals surface area (Å²) in [4.78, 5) is 18.9. The number of rotatable bonds is 5. The SMILES string of the molecule is O=C(NCC[NH+]1CCOCC1)[C@H]1CC(c2ccc(Cl)c(Cl)c2)=NO1. The number of hydrogen-bond acceptors (Lipinski definition) is 4. The average molecular weight is 373 g/mol. The van der Waals surface area contributed by atoms with Gasteiger partial charge in [-0.1, -0.05) is 34.4 Å². The van der Waals surface area contributed by atoms with Crippen molar-refractivity contribution in [2.24, 2.45) is 5.16 Å². The molecular weight excluding hydrogens is 353 g/mol. The topological polar surface area (TPSA) is 64.4 Å². The van der Waals surface area contributed by atoms with Crippen LogP contribution in [-0.2, 0) is 14.4 Å². The second-order valence-corrected chi connectivity index (χ2v) is 6.68. The number of nitrogens with one attached hydrogen (secondary N) is 2. The van der Waals surface area contributed by atoms with Gasteiger partial charge in [-0.2, -0.15) is 0 Å². The van der Waals surface area contributed by atoms with Crippen LogP contribution >= 0.6 is 23.2 Å². The first-order valence-electron chi connectivity index (χ1n) is 8.00. The molecule has 3 rings (SSSR count). The van der Waals surface area contributed by atoms with Gasteiger partial charge in [-0.15, -0.1) is 0 Å². The molecule has 0 saturated carbocycles. The molecule has 0 spiro atoms. The lowest BCUT2D eigenvalue weighted by Crippen LogP contribution is -3.14. The van der Waals surface area contributed by atoms with E-state index in [1.165, 1.54) is 4.90 Å². The van der Waals surface area contributed by atoms with Gasteiger partial charge in [0, 0.05) is 12.0 Å². The van der Waals surface area contributed by atoms with E-state index in [2.05, 4.69) is 10.5 Å². The first-order valence-corrected chi connectivity index (χ1v) is 8.76. The largest absolute Gasteiger partial charge is 0.382 e. The fourth-order valence-corrected chi connectivity index (χ4v) is 3.05. The number of benzene rings is 1. The van der Waals surface area contributed by atoms with Gasteiger partial charge in [-0.3, -0.25) is 4.79 Å². The van der Waals surface area contributed by atoms with Crippen molar-refractivity contribution in [3.63, 3.8) is 0 Å². The summed E-state index contributed by atoms with van der Waals surface area (Å²) in [5, 5.41) is 7.87. The van der Waals surface area contributed by atoms with E-state index in [1.54, 1.807) is 12.1 Å². The molecule has 1 amide bonds. The number of ether oxygens (including phenoxy) is 1. The Kier molecular flexibility index (Phi) is 5.94. The zero-order chi connectivity index (χ0) is 16.9. The molecule has 0 aliphatic carbocycles. The van der Waals surface area contributed by atoms with Gasteiger partial charge in [0.2, 0.25) is 6.10 Å². The number of nitrogens with zero attached hydrogens (tertiary/aromatic N) is 1. The van der Waals surface area contributed by atoms with E-state index < -0.39 is 6.10 Å². The number of oxime groups is 1. The van der Waals surface area contributed by atoms with E-state index in [-0.39, 0.29) is 5.91 Å². The van der Waals surface area contributed by atoms with Crippen molar-refractivity contribution in [3.05, 3.63) is 33.8 Å². The zero-order valence-corrected chi connectivity index (χ0v) is 14.7. The average Bonchev–Trinajstić information content (AvgIpc) is 3.08. The van der Waals surface area contributed by atoms with Crippen molar-refractivity contribution in [1.82, 2.24) is 5.32 Å². The molecule has 8 heteroatoms. The van der Waals surface area contributed by atoms with Crippen molar-refractivity contribution >= 4 is 34.8 Å². The van der Waals surface area contributed by atoms with Crippen molar-refractivity contribution < 1.29 is 19.3 Å². The molecule has 130 valence electrons. The third-order valence-corrected chi connectivity index (χ3v) is 4.93. The van der Waals surface area contributed by atoms with Crippen LogP contribution in [0.1, 0.15) is 12.0 Å². The van der Waals surface area contributed by atoms with Gasteiger partial charge >= 0.3 is 0 Å². The molecule has 2 aliphatic rings. The van der Waals surface area contributed by atoms with Crippen LogP contribution in [0.2, 0.25) is 10.0 Å². The molecule has 1 saturated heterocycles.